The Hall–Kier alpha value is -3.07. The molecule has 0 aromatic heterocycles. The van der Waals surface area contributed by atoms with Crippen molar-refractivity contribution in [2.45, 2.75) is 57.5 Å². The fraction of sp³-hybridized carbons (Fsp3) is 0.367. The smallest absolute Gasteiger partial charge is 0.334 e. The Morgan fingerprint density at radius 1 is 0.676 bits per heavy atom. The summed E-state index contributed by atoms with van der Waals surface area (Å²) in [5, 5.41) is 0. The Morgan fingerprint density at radius 3 is 1.57 bits per heavy atom. The van der Waals surface area contributed by atoms with E-state index >= 15 is 0 Å². The lowest BCUT2D eigenvalue weighted by atomic mass is 9.98. The lowest BCUT2D eigenvalue weighted by Crippen LogP contribution is -2.60. The number of rotatable bonds is 12. The van der Waals surface area contributed by atoms with E-state index in [1.807, 2.05) is 97.9 Å². The number of methoxy groups -OCH3 is 1. The topological polar surface area (TPSA) is 72.5 Å². The summed E-state index contributed by atoms with van der Waals surface area (Å²) in [6, 6.07) is 29.6. The molecule has 0 saturated carbocycles. The van der Waals surface area contributed by atoms with Gasteiger partial charge in [-0.05, 0) is 23.6 Å². The van der Waals surface area contributed by atoms with Crippen molar-refractivity contribution in [2.24, 2.45) is 0 Å². The lowest BCUT2D eigenvalue weighted by molar-refractivity contribution is -0.312. The van der Waals surface area contributed by atoms with Crippen LogP contribution in [0.4, 0.5) is 0 Å². The van der Waals surface area contributed by atoms with Crippen molar-refractivity contribution in [2.75, 3.05) is 13.7 Å². The van der Waals surface area contributed by atoms with Crippen LogP contribution in [0.15, 0.2) is 91.0 Å². The molecule has 196 valence electrons. The highest BCUT2D eigenvalue weighted by molar-refractivity contribution is 5.70. The first-order chi connectivity index (χ1) is 18.1. The summed E-state index contributed by atoms with van der Waals surface area (Å²) in [5.74, 6) is -0.543. The number of hydrogen-bond donors (Lipinski definition) is 0. The molecule has 1 saturated heterocycles. The molecule has 3 aromatic carbocycles. The van der Waals surface area contributed by atoms with Crippen molar-refractivity contribution in [1.82, 2.24) is 0 Å². The summed E-state index contributed by atoms with van der Waals surface area (Å²) in [5.41, 5.74) is 3.02. The van der Waals surface area contributed by atoms with Gasteiger partial charge in [0.25, 0.3) is 0 Å². The first-order valence-electron chi connectivity index (χ1n) is 12.4. The van der Waals surface area contributed by atoms with Crippen molar-refractivity contribution in [3.8, 4) is 0 Å². The lowest BCUT2D eigenvalue weighted by Gasteiger charge is -2.44. The second-order valence-corrected chi connectivity index (χ2v) is 8.92. The maximum atomic E-state index is 12.4. The molecule has 37 heavy (non-hydrogen) atoms. The molecule has 1 fully saturated rings. The highest BCUT2D eigenvalue weighted by atomic mass is 16.7. The van der Waals surface area contributed by atoms with Gasteiger partial charge in [0.1, 0.15) is 24.9 Å². The van der Waals surface area contributed by atoms with Crippen molar-refractivity contribution >= 4 is 5.97 Å². The molecule has 0 amide bonds. The molecular formula is C30H34O7. The van der Waals surface area contributed by atoms with E-state index in [2.05, 4.69) is 0 Å². The van der Waals surface area contributed by atoms with Gasteiger partial charge in [-0.15, -0.1) is 0 Å². The Kier molecular flexibility index (Phi) is 10.2. The van der Waals surface area contributed by atoms with Crippen LogP contribution in [-0.4, -0.2) is 50.4 Å². The van der Waals surface area contributed by atoms with E-state index in [1.54, 1.807) is 0 Å². The van der Waals surface area contributed by atoms with Gasteiger partial charge in [0.15, 0.2) is 0 Å². The van der Waals surface area contributed by atoms with E-state index in [0.717, 1.165) is 16.7 Å². The zero-order valence-electron chi connectivity index (χ0n) is 21.2. The zero-order chi connectivity index (χ0) is 25.9. The van der Waals surface area contributed by atoms with E-state index in [9.17, 15) is 4.79 Å². The van der Waals surface area contributed by atoms with Crippen LogP contribution in [0.25, 0.3) is 0 Å². The second-order valence-electron chi connectivity index (χ2n) is 8.92. The second kappa shape index (κ2) is 14.0. The first kappa shape index (κ1) is 27.0. The minimum absolute atomic E-state index is 0.191. The van der Waals surface area contributed by atoms with Gasteiger partial charge in [0.05, 0.1) is 25.9 Å². The van der Waals surface area contributed by atoms with Gasteiger partial charge < -0.3 is 28.4 Å². The molecule has 4 rings (SSSR count). The number of benzene rings is 3. The molecule has 0 N–H and O–H groups in total. The number of carbonyl (C=O) groups excluding carboxylic acids is 1. The fourth-order valence-electron chi connectivity index (χ4n) is 4.25. The monoisotopic (exact) mass is 506 g/mol. The summed E-state index contributed by atoms with van der Waals surface area (Å²) in [7, 11) is 1.44. The molecule has 1 aliphatic heterocycles. The maximum absolute atomic E-state index is 12.4. The van der Waals surface area contributed by atoms with E-state index in [-0.39, 0.29) is 13.2 Å². The normalized spacial score (nSPS) is 23.5. The first-order valence-corrected chi connectivity index (χ1v) is 12.4. The molecule has 0 aliphatic carbocycles. The summed E-state index contributed by atoms with van der Waals surface area (Å²) in [4.78, 5) is 12.4. The van der Waals surface area contributed by atoms with Gasteiger partial charge in [-0.3, -0.25) is 0 Å². The van der Waals surface area contributed by atoms with Crippen LogP contribution in [0.3, 0.4) is 0 Å². The van der Waals surface area contributed by atoms with Gasteiger partial charge in [-0.2, -0.15) is 0 Å². The summed E-state index contributed by atoms with van der Waals surface area (Å²) in [6.07, 6.45) is -3.19. The van der Waals surface area contributed by atoms with Gasteiger partial charge >= 0.3 is 5.97 Å². The largest absolute Gasteiger partial charge is 0.431 e. The Bertz CT molecular complexity index is 1060. The zero-order valence-corrected chi connectivity index (χ0v) is 21.2. The SMILES string of the molecule is COCC(=O)O[C@@H]1O[C@@H](C)[C@@H](OCc2ccccc2)[C@@H](OCc2ccccc2)[C@@H]1OCc1ccccc1. The quantitative estimate of drug-likeness (QED) is 0.331. The molecule has 5 atom stereocenters. The van der Waals surface area contributed by atoms with E-state index in [1.165, 1.54) is 7.11 Å². The number of esters is 1. The van der Waals surface area contributed by atoms with Crippen LogP contribution >= 0.6 is 0 Å². The predicted octanol–water partition coefficient (Wildman–Crippen LogP) is 4.68. The van der Waals surface area contributed by atoms with Gasteiger partial charge in [0.2, 0.25) is 6.29 Å². The summed E-state index contributed by atoms with van der Waals surface area (Å²) < 4.78 is 35.9. The van der Waals surface area contributed by atoms with E-state index in [4.69, 9.17) is 28.4 Å². The highest BCUT2D eigenvalue weighted by Gasteiger charge is 2.48. The van der Waals surface area contributed by atoms with Crippen LogP contribution in [0, 0.1) is 0 Å². The molecule has 0 radical (unpaired) electrons. The van der Waals surface area contributed by atoms with Gasteiger partial charge in [0, 0.05) is 7.11 Å². The highest BCUT2D eigenvalue weighted by Crippen LogP contribution is 2.31. The average Bonchev–Trinajstić information content (AvgIpc) is 2.92. The van der Waals surface area contributed by atoms with Crippen molar-refractivity contribution < 1.29 is 33.2 Å². The molecule has 3 aromatic rings. The third-order valence-electron chi connectivity index (χ3n) is 6.09. The molecule has 1 aliphatic rings. The van der Waals surface area contributed by atoms with Crippen molar-refractivity contribution in [3.63, 3.8) is 0 Å². The fourth-order valence-corrected chi connectivity index (χ4v) is 4.25. The number of ether oxygens (including phenoxy) is 6. The average molecular weight is 507 g/mol. The molecular weight excluding hydrogens is 472 g/mol. The molecule has 1 heterocycles. The van der Waals surface area contributed by atoms with Crippen LogP contribution in [0.2, 0.25) is 0 Å². The van der Waals surface area contributed by atoms with Crippen LogP contribution in [-0.2, 0) is 53.0 Å². The third kappa shape index (κ3) is 7.95. The van der Waals surface area contributed by atoms with Crippen LogP contribution < -0.4 is 0 Å². The molecule has 7 nitrogen and oxygen atoms in total. The van der Waals surface area contributed by atoms with E-state index in [0.29, 0.717) is 13.2 Å². The van der Waals surface area contributed by atoms with Crippen molar-refractivity contribution in [1.29, 1.82) is 0 Å². The van der Waals surface area contributed by atoms with Gasteiger partial charge in [-0.25, -0.2) is 4.79 Å². The Labute approximate surface area is 218 Å². The van der Waals surface area contributed by atoms with Gasteiger partial charge in [-0.1, -0.05) is 91.0 Å². The molecule has 0 bridgehead atoms. The van der Waals surface area contributed by atoms with Crippen LogP contribution in [0.1, 0.15) is 23.6 Å². The predicted molar refractivity (Wildman–Crippen MR) is 137 cm³/mol. The third-order valence-corrected chi connectivity index (χ3v) is 6.09. The number of hydrogen-bond acceptors (Lipinski definition) is 7. The maximum Gasteiger partial charge on any atom is 0.334 e. The molecule has 7 heteroatoms. The standard InChI is InChI=1S/C30H34O7/c1-22-27(33-18-23-12-6-3-7-13-23)28(34-19-24-14-8-4-9-15-24)29(30(36-22)37-26(31)21-32-2)35-20-25-16-10-5-11-17-25/h3-17,22,27-30H,18-21H2,1-2H3/t22-,27+,28+,29-,30-/m0/s1. The van der Waals surface area contributed by atoms with Crippen LogP contribution in [0.5, 0.6) is 0 Å². The molecule has 0 unspecified atom stereocenters. The summed E-state index contributed by atoms with van der Waals surface area (Å²) >= 11 is 0. The number of carbonyl (C=O) groups is 1. The minimum atomic E-state index is -0.987. The van der Waals surface area contributed by atoms with Crippen molar-refractivity contribution in [3.05, 3.63) is 108 Å². The Balaban J connectivity index is 1.58. The summed E-state index contributed by atoms with van der Waals surface area (Å²) in [6.45, 7) is 2.71. The molecule has 0 spiro atoms. The van der Waals surface area contributed by atoms with E-state index < -0.39 is 36.7 Å². The minimum Gasteiger partial charge on any atom is -0.431 e. The Morgan fingerprint density at radius 2 is 1.11 bits per heavy atom.